The third-order valence-corrected chi connectivity index (χ3v) is 5.81. The lowest BCUT2D eigenvalue weighted by Crippen LogP contribution is -2.37. The number of nitrogens with zero attached hydrogens (tertiary/aromatic N) is 3. The van der Waals surface area contributed by atoms with Gasteiger partial charge in [0, 0.05) is 75.9 Å². The zero-order valence-corrected chi connectivity index (χ0v) is 17.5. The number of rotatable bonds is 2. The number of hydrogen-bond acceptors (Lipinski definition) is 3. The Balaban J connectivity index is 0.000000403. The first-order valence-corrected chi connectivity index (χ1v) is 10.1. The van der Waals surface area contributed by atoms with Crippen LogP contribution in [0, 0.1) is 5.92 Å². The Hall–Kier alpha value is -2.34. The van der Waals surface area contributed by atoms with E-state index in [0.29, 0.717) is 0 Å². The molecule has 1 N–H and O–H groups in total. The van der Waals surface area contributed by atoms with Crippen molar-refractivity contribution in [1.82, 2.24) is 19.7 Å². The SMILES string of the molecule is CC1CCN(C(=O)c2ccc3c(c2)c2c(n3C)CCNC2)CC1.CN(C)C=O. The molecular formula is C22H32N4O2. The normalized spacial score (nSPS) is 16.9. The number of carbonyl (C=O) groups excluding carboxylic acids is 2. The Morgan fingerprint density at radius 2 is 1.93 bits per heavy atom. The largest absolute Gasteiger partial charge is 0.351 e. The lowest BCUT2D eigenvalue weighted by Gasteiger charge is -2.30. The predicted octanol–water partition coefficient (Wildman–Crippen LogP) is 2.40. The monoisotopic (exact) mass is 384 g/mol. The Kier molecular flexibility index (Phi) is 6.39. The first-order chi connectivity index (χ1) is 13.4. The number of benzene rings is 1. The van der Waals surface area contributed by atoms with Crippen LogP contribution in [0.15, 0.2) is 18.2 Å². The molecule has 4 rings (SSSR count). The van der Waals surface area contributed by atoms with E-state index in [1.54, 1.807) is 14.1 Å². The summed E-state index contributed by atoms with van der Waals surface area (Å²) in [6.45, 7) is 6.01. The zero-order chi connectivity index (χ0) is 20.3. The van der Waals surface area contributed by atoms with Gasteiger partial charge in [0.25, 0.3) is 5.91 Å². The van der Waals surface area contributed by atoms with Crippen LogP contribution in [0.25, 0.3) is 10.9 Å². The molecule has 3 heterocycles. The zero-order valence-electron chi connectivity index (χ0n) is 17.5. The quantitative estimate of drug-likeness (QED) is 0.809. The maximum Gasteiger partial charge on any atom is 0.253 e. The van der Waals surface area contributed by atoms with E-state index < -0.39 is 0 Å². The summed E-state index contributed by atoms with van der Waals surface area (Å²) < 4.78 is 2.29. The van der Waals surface area contributed by atoms with Gasteiger partial charge in [-0.05, 0) is 42.5 Å². The van der Waals surface area contributed by atoms with Gasteiger partial charge in [-0.1, -0.05) is 6.92 Å². The molecule has 0 radical (unpaired) electrons. The van der Waals surface area contributed by atoms with Gasteiger partial charge in [0.1, 0.15) is 0 Å². The lowest BCUT2D eigenvalue weighted by atomic mass is 9.98. The Bertz CT molecular complexity index is 848. The molecule has 2 aliphatic rings. The molecule has 1 aromatic carbocycles. The third-order valence-electron chi connectivity index (χ3n) is 5.81. The topological polar surface area (TPSA) is 57.6 Å². The highest BCUT2D eigenvalue weighted by molar-refractivity contribution is 5.99. The van der Waals surface area contributed by atoms with E-state index in [4.69, 9.17) is 0 Å². The second-order valence-electron chi connectivity index (χ2n) is 8.19. The number of hydrogen-bond donors (Lipinski definition) is 1. The second kappa shape index (κ2) is 8.78. The molecule has 6 nitrogen and oxygen atoms in total. The summed E-state index contributed by atoms with van der Waals surface area (Å²) in [4.78, 5) is 25.7. The molecule has 1 saturated heterocycles. The van der Waals surface area contributed by atoms with Crippen LogP contribution in [0.1, 0.15) is 41.4 Å². The van der Waals surface area contributed by atoms with Crippen molar-refractivity contribution in [3.8, 4) is 0 Å². The number of piperidine rings is 1. The number of amides is 2. The molecule has 0 unspecified atom stereocenters. The molecule has 2 aliphatic heterocycles. The lowest BCUT2D eigenvalue weighted by molar-refractivity contribution is -0.115. The van der Waals surface area contributed by atoms with Gasteiger partial charge in [-0.3, -0.25) is 9.59 Å². The van der Waals surface area contributed by atoms with Gasteiger partial charge in [-0.15, -0.1) is 0 Å². The molecular weight excluding hydrogens is 352 g/mol. The fraction of sp³-hybridized carbons (Fsp3) is 0.545. The Morgan fingerprint density at radius 1 is 1.25 bits per heavy atom. The standard InChI is InChI=1S/C19H25N3O.C3H7NO/c1-13-6-9-22(10-7-13)19(23)14-3-4-17-15(11-14)16-12-20-8-5-18(16)21(17)2;1-4(2)3-5/h3-4,11,13,20H,5-10,12H2,1-2H3;3H,1-2H3. The van der Waals surface area contributed by atoms with Gasteiger partial charge in [0.05, 0.1) is 0 Å². The van der Waals surface area contributed by atoms with Crippen molar-refractivity contribution < 1.29 is 9.59 Å². The third kappa shape index (κ3) is 4.22. The van der Waals surface area contributed by atoms with Gasteiger partial charge < -0.3 is 19.7 Å². The van der Waals surface area contributed by atoms with E-state index in [1.807, 2.05) is 11.0 Å². The molecule has 2 amide bonds. The number of aryl methyl sites for hydroxylation is 1. The minimum atomic E-state index is 0.195. The summed E-state index contributed by atoms with van der Waals surface area (Å²) in [6, 6.07) is 6.23. The summed E-state index contributed by atoms with van der Waals surface area (Å²) in [7, 11) is 5.51. The van der Waals surface area contributed by atoms with Crippen molar-refractivity contribution in [3.05, 3.63) is 35.0 Å². The van der Waals surface area contributed by atoms with Gasteiger partial charge in [-0.2, -0.15) is 0 Å². The fourth-order valence-electron chi connectivity index (χ4n) is 4.04. The van der Waals surface area contributed by atoms with Gasteiger partial charge in [-0.25, -0.2) is 0 Å². The molecule has 0 saturated carbocycles. The second-order valence-corrected chi connectivity index (χ2v) is 8.19. The Labute approximate surface area is 167 Å². The van der Waals surface area contributed by atoms with E-state index in [2.05, 4.69) is 36.0 Å². The average molecular weight is 385 g/mol. The smallest absolute Gasteiger partial charge is 0.253 e. The van der Waals surface area contributed by atoms with Crippen LogP contribution in [0.5, 0.6) is 0 Å². The van der Waals surface area contributed by atoms with Crippen LogP contribution in [-0.4, -0.2) is 60.4 Å². The summed E-state index contributed by atoms with van der Waals surface area (Å²) in [5, 5.41) is 4.70. The van der Waals surface area contributed by atoms with Gasteiger partial charge >= 0.3 is 0 Å². The van der Waals surface area contributed by atoms with E-state index in [1.165, 1.54) is 27.1 Å². The van der Waals surface area contributed by atoms with Crippen molar-refractivity contribution >= 4 is 23.2 Å². The van der Waals surface area contributed by atoms with Crippen LogP contribution in [0.4, 0.5) is 0 Å². The highest BCUT2D eigenvalue weighted by atomic mass is 16.2. The molecule has 6 heteroatoms. The minimum Gasteiger partial charge on any atom is -0.351 e. The molecule has 0 aliphatic carbocycles. The van der Waals surface area contributed by atoms with E-state index >= 15 is 0 Å². The number of fused-ring (bicyclic) bond motifs is 3. The number of likely N-dealkylation sites (tertiary alicyclic amines) is 1. The van der Waals surface area contributed by atoms with Gasteiger partial charge in [0.2, 0.25) is 6.41 Å². The molecule has 1 aromatic heterocycles. The van der Waals surface area contributed by atoms with Crippen molar-refractivity contribution in [2.24, 2.45) is 13.0 Å². The van der Waals surface area contributed by atoms with Crippen molar-refractivity contribution in [2.75, 3.05) is 33.7 Å². The van der Waals surface area contributed by atoms with Crippen LogP contribution in [-0.2, 0) is 24.8 Å². The van der Waals surface area contributed by atoms with Crippen LogP contribution < -0.4 is 5.32 Å². The van der Waals surface area contributed by atoms with E-state index in [-0.39, 0.29) is 5.91 Å². The predicted molar refractivity (Wildman–Crippen MR) is 112 cm³/mol. The highest BCUT2D eigenvalue weighted by Gasteiger charge is 2.23. The molecule has 0 bridgehead atoms. The average Bonchev–Trinajstić information content (AvgIpc) is 3.00. The maximum atomic E-state index is 12.8. The molecule has 0 spiro atoms. The number of nitrogens with one attached hydrogen (secondary N) is 1. The first kappa shape index (κ1) is 20.4. The highest BCUT2D eigenvalue weighted by Crippen LogP contribution is 2.29. The summed E-state index contributed by atoms with van der Waals surface area (Å²) in [5.74, 6) is 0.939. The molecule has 152 valence electrons. The minimum absolute atomic E-state index is 0.195. The molecule has 2 aromatic rings. The molecule has 1 fully saturated rings. The first-order valence-electron chi connectivity index (χ1n) is 10.1. The Morgan fingerprint density at radius 3 is 2.57 bits per heavy atom. The molecule has 0 atom stereocenters. The van der Waals surface area contributed by atoms with Crippen molar-refractivity contribution in [1.29, 1.82) is 0 Å². The molecule has 28 heavy (non-hydrogen) atoms. The number of aromatic nitrogens is 1. The maximum absolute atomic E-state index is 12.8. The van der Waals surface area contributed by atoms with Crippen molar-refractivity contribution in [2.45, 2.75) is 32.7 Å². The van der Waals surface area contributed by atoms with Crippen LogP contribution >= 0.6 is 0 Å². The summed E-state index contributed by atoms with van der Waals surface area (Å²) in [6.07, 6.45) is 4.06. The van der Waals surface area contributed by atoms with E-state index in [0.717, 1.165) is 63.3 Å². The van der Waals surface area contributed by atoms with E-state index in [9.17, 15) is 9.59 Å². The van der Waals surface area contributed by atoms with Gasteiger partial charge in [0.15, 0.2) is 0 Å². The van der Waals surface area contributed by atoms with Crippen molar-refractivity contribution in [3.63, 3.8) is 0 Å². The fourth-order valence-corrected chi connectivity index (χ4v) is 4.04. The number of carbonyl (C=O) groups is 2. The van der Waals surface area contributed by atoms with Crippen LogP contribution in [0.2, 0.25) is 0 Å². The summed E-state index contributed by atoms with van der Waals surface area (Å²) >= 11 is 0. The summed E-state index contributed by atoms with van der Waals surface area (Å²) in [5.41, 5.74) is 4.86. The van der Waals surface area contributed by atoms with Crippen LogP contribution in [0.3, 0.4) is 0 Å².